The molecule has 0 radical (unpaired) electrons. The second kappa shape index (κ2) is 5.47. The van der Waals surface area contributed by atoms with E-state index in [1.54, 1.807) is 0 Å². The van der Waals surface area contributed by atoms with E-state index < -0.39 is 24.4 Å². The summed E-state index contributed by atoms with van der Waals surface area (Å²) in [7, 11) is 0. The summed E-state index contributed by atoms with van der Waals surface area (Å²) < 4.78 is 37.8. The highest BCUT2D eigenvalue weighted by molar-refractivity contribution is 5.91. The maximum absolute atomic E-state index is 12.6. The molecule has 2 rings (SSSR count). The van der Waals surface area contributed by atoms with Gasteiger partial charge in [0.05, 0.1) is 0 Å². The highest BCUT2D eigenvalue weighted by atomic mass is 19.4. The van der Waals surface area contributed by atoms with Crippen LogP contribution < -0.4 is 5.32 Å². The lowest BCUT2D eigenvalue weighted by Crippen LogP contribution is -2.45. The van der Waals surface area contributed by atoms with Gasteiger partial charge in [0, 0.05) is 18.2 Å². The predicted octanol–water partition coefficient (Wildman–Crippen LogP) is 3.00. The van der Waals surface area contributed by atoms with Crippen LogP contribution in [0.25, 0.3) is 0 Å². The van der Waals surface area contributed by atoms with Gasteiger partial charge in [0.15, 0.2) is 5.78 Å². The van der Waals surface area contributed by atoms with Crippen molar-refractivity contribution in [1.29, 1.82) is 0 Å². The Morgan fingerprint density at radius 2 is 1.84 bits per heavy atom. The first-order chi connectivity index (χ1) is 8.95. The van der Waals surface area contributed by atoms with Gasteiger partial charge in [-0.1, -0.05) is 30.3 Å². The minimum absolute atomic E-state index is 0.363. The van der Waals surface area contributed by atoms with Crippen LogP contribution in [0.15, 0.2) is 42.1 Å². The summed E-state index contributed by atoms with van der Waals surface area (Å²) in [6.07, 6.45) is -2.61. The number of carbonyl (C=O) groups excluding carboxylic acids is 1. The molecule has 1 aromatic rings. The Kier molecular flexibility index (Phi) is 3.93. The molecule has 5 heteroatoms. The molecule has 0 aliphatic carbocycles. The summed E-state index contributed by atoms with van der Waals surface area (Å²) in [6, 6.07) is 7.70. The molecular formula is C14H14F3NO. The third-order valence-corrected chi connectivity index (χ3v) is 3.02. The van der Waals surface area contributed by atoms with E-state index in [0.29, 0.717) is 18.5 Å². The molecule has 0 fully saturated rings. The summed E-state index contributed by atoms with van der Waals surface area (Å²) in [5.41, 5.74) is 1.40. The Labute approximate surface area is 109 Å². The molecule has 0 saturated carbocycles. The molecule has 19 heavy (non-hydrogen) atoms. The minimum Gasteiger partial charge on any atom is -0.377 e. The first-order valence-corrected chi connectivity index (χ1v) is 6.06. The van der Waals surface area contributed by atoms with Crippen molar-refractivity contribution < 1.29 is 18.0 Å². The fourth-order valence-electron chi connectivity index (χ4n) is 2.04. The minimum atomic E-state index is -4.39. The number of halogens is 3. The second-order valence-corrected chi connectivity index (χ2v) is 4.56. The lowest BCUT2D eigenvalue weighted by Gasteiger charge is -2.26. The summed E-state index contributed by atoms with van der Waals surface area (Å²) in [5, 5.41) is 2.41. The van der Waals surface area contributed by atoms with E-state index in [2.05, 4.69) is 5.32 Å². The molecule has 1 aliphatic heterocycles. The molecule has 0 aromatic heterocycles. The van der Waals surface area contributed by atoms with Crippen LogP contribution in [0.2, 0.25) is 0 Å². The smallest absolute Gasteiger partial charge is 0.377 e. The van der Waals surface area contributed by atoms with Crippen molar-refractivity contribution in [2.24, 2.45) is 0 Å². The number of benzene rings is 1. The van der Waals surface area contributed by atoms with E-state index in [4.69, 9.17) is 0 Å². The van der Waals surface area contributed by atoms with Gasteiger partial charge in [0.1, 0.15) is 6.04 Å². The molecule has 0 spiro atoms. The van der Waals surface area contributed by atoms with E-state index in [-0.39, 0.29) is 0 Å². The highest BCUT2D eigenvalue weighted by Gasteiger charge is 2.42. The fraction of sp³-hybridized carbons (Fsp3) is 0.357. The molecule has 0 bridgehead atoms. The molecule has 1 aromatic carbocycles. The summed E-state index contributed by atoms with van der Waals surface area (Å²) in [4.78, 5) is 11.3. The Bertz CT molecular complexity index is 479. The van der Waals surface area contributed by atoms with E-state index >= 15 is 0 Å². The molecule has 0 amide bonds. The van der Waals surface area contributed by atoms with Gasteiger partial charge in [-0.25, -0.2) is 0 Å². The molecule has 1 unspecified atom stereocenters. The van der Waals surface area contributed by atoms with Crippen molar-refractivity contribution in [3.05, 3.63) is 47.7 Å². The number of rotatable bonds is 3. The first-order valence-electron chi connectivity index (χ1n) is 6.06. The number of alkyl halides is 3. The summed E-state index contributed by atoms with van der Waals surface area (Å²) in [6.45, 7) is 0. The van der Waals surface area contributed by atoms with Crippen LogP contribution in [0.5, 0.6) is 0 Å². The number of ketones is 1. The molecule has 0 saturated heterocycles. The van der Waals surface area contributed by atoms with Crippen LogP contribution >= 0.6 is 0 Å². The van der Waals surface area contributed by atoms with Crippen molar-refractivity contribution in [2.45, 2.75) is 31.5 Å². The van der Waals surface area contributed by atoms with E-state index in [0.717, 1.165) is 5.56 Å². The average Bonchev–Trinajstić information content (AvgIpc) is 2.36. The number of allylic oxidation sites excluding steroid dienone is 2. The quantitative estimate of drug-likeness (QED) is 0.914. The molecule has 1 atom stereocenters. The third-order valence-electron chi connectivity index (χ3n) is 3.02. The van der Waals surface area contributed by atoms with Gasteiger partial charge in [0.25, 0.3) is 0 Å². The second-order valence-electron chi connectivity index (χ2n) is 4.56. The molecular weight excluding hydrogens is 255 g/mol. The average molecular weight is 269 g/mol. The van der Waals surface area contributed by atoms with Crippen LogP contribution in [0.4, 0.5) is 13.2 Å². The van der Waals surface area contributed by atoms with Crippen LogP contribution in [0.3, 0.4) is 0 Å². The molecule has 1 aliphatic rings. The Hall–Kier alpha value is -1.78. The van der Waals surface area contributed by atoms with Gasteiger partial charge in [0.2, 0.25) is 0 Å². The zero-order valence-electron chi connectivity index (χ0n) is 10.2. The fourth-order valence-corrected chi connectivity index (χ4v) is 2.04. The van der Waals surface area contributed by atoms with Crippen LogP contribution in [-0.2, 0) is 11.2 Å². The molecule has 102 valence electrons. The molecule has 1 N–H and O–H groups in total. The van der Waals surface area contributed by atoms with Crippen molar-refractivity contribution in [2.75, 3.05) is 0 Å². The normalized spacial score (nSPS) is 19.8. The monoisotopic (exact) mass is 269 g/mol. The summed E-state index contributed by atoms with van der Waals surface area (Å²) in [5.74, 6) is -0.468. The third kappa shape index (κ3) is 3.84. The van der Waals surface area contributed by atoms with Gasteiger partial charge in [-0.2, -0.15) is 13.2 Å². The summed E-state index contributed by atoms with van der Waals surface area (Å²) >= 11 is 0. The molecule has 2 nitrogen and oxygen atoms in total. The number of nitrogens with one attached hydrogen (secondary N) is 1. The van der Waals surface area contributed by atoms with Crippen molar-refractivity contribution in [1.82, 2.24) is 5.32 Å². The number of hydrogen-bond donors (Lipinski definition) is 1. The Morgan fingerprint density at radius 1 is 1.16 bits per heavy atom. The molecule has 1 heterocycles. The first kappa shape index (κ1) is 13.6. The van der Waals surface area contributed by atoms with Crippen molar-refractivity contribution in [3.63, 3.8) is 0 Å². The predicted molar refractivity (Wildman–Crippen MR) is 65.4 cm³/mol. The lowest BCUT2D eigenvalue weighted by atomic mass is 10.0. The van der Waals surface area contributed by atoms with Crippen LogP contribution in [0, 0.1) is 0 Å². The number of hydrogen-bond acceptors (Lipinski definition) is 2. The van der Waals surface area contributed by atoms with Gasteiger partial charge >= 0.3 is 6.18 Å². The maximum Gasteiger partial charge on any atom is 0.408 e. The van der Waals surface area contributed by atoms with Gasteiger partial charge in [-0.05, 0) is 18.4 Å². The standard InChI is InChI=1S/C14H14F3NO/c15-14(16,17)13-9-12(19)8-11(18-13)7-6-10-4-2-1-3-5-10/h1-5,8,13,18H,6-7,9H2. The largest absolute Gasteiger partial charge is 0.408 e. The zero-order chi connectivity index (χ0) is 13.9. The Balaban J connectivity index is 1.98. The van der Waals surface area contributed by atoms with Crippen LogP contribution in [0.1, 0.15) is 18.4 Å². The van der Waals surface area contributed by atoms with Crippen molar-refractivity contribution in [3.8, 4) is 0 Å². The maximum atomic E-state index is 12.6. The highest BCUT2D eigenvalue weighted by Crippen LogP contribution is 2.26. The van der Waals surface area contributed by atoms with Gasteiger partial charge in [-0.15, -0.1) is 0 Å². The van der Waals surface area contributed by atoms with E-state index in [9.17, 15) is 18.0 Å². The van der Waals surface area contributed by atoms with E-state index in [1.807, 2.05) is 30.3 Å². The topological polar surface area (TPSA) is 29.1 Å². The SMILES string of the molecule is O=C1C=C(CCc2ccccc2)NC(C(F)(F)F)C1. The zero-order valence-corrected chi connectivity index (χ0v) is 10.2. The lowest BCUT2D eigenvalue weighted by molar-refractivity contribution is -0.160. The Morgan fingerprint density at radius 3 is 2.47 bits per heavy atom. The van der Waals surface area contributed by atoms with E-state index in [1.165, 1.54) is 6.08 Å². The van der Waals surface area contributed by atoms with Gasteiger partial charge in [-0.3, -0.25) is 4.79 Å². The number of carbonyl (C=O) groups is 1. The van der Waals surface area contributed by atoms with Crippen molar-refractivity contribution >= 4 is 5.78 Å². The van der Waals surface area contributed by atoms with Crippen LogP contribution in [-0.4, -0.2) is 18.0 Å². The van der Waals surface area contributed by atoms with Gasteiger partial charge < -0.3 is 5.32 Å². The number of aryl methyl sites for hydroxylation is 1.